The molecule has 0 fully saturated rings. The highest BCUT2D eigenvalue weighted by molar-refractivity contribution is 7.15. The van der Waals surface area contributed by atoms with Crippen molar-refractivity contribution in [3.63, 3.8) is 0 Å². The molecule has 2 aromatic rings. The average Bonchev–Trinajstić information content (AvgIpc) is 2.66. The molecule has 0 aliphatic carbocycles. The molecule has 0 saturated heterocycles. The molecular weight excluding hydrogens is 256 g/mol. The molecule has 0 aliphatic rings. The fourth-order valence-corrected chi connectivity index (χ4v) is 1.98. The molecule has 0 bridgehead atoms. The van der Waals surface area contributed by atoms with Gasteiger partial charge >= 0.3 is 0 Å². The number of nitrogens with zero attached hydrogens (tertiary/aromatic N) is 1. The van der Waals surface area contributed by atoms with Gasteiger partial charge in [-0.1, -0.05) is 11.6 Å². The van der Waals surface area contributed by atoms with E-state index in [0.29, 0.717) is 4.47 Å². The number of hydrogen-bond donors (Lipinski definition) is 0. The summed E-state index contributed by atoms with van der Waals surface area (Å²) in [6, 6.07) is 3.05. The van der Waals surface area contributed by atoms with E-state index < -0.39 is 11.6 Å². The first kappa shape index (κ1) is 11.3. The van der Waals surface area contributed by atoms with Gasteiger partial charge in [0.15, 0.2) is 16.0 Å². The van der Waals surface area contributed by atoms with E-state index in [-0.39, 0.29) is 12.4 Å². The fraction of sp³-hybridized carbons (Fsp3) is 0.100. The zero-order valence-electron chi connectivity index (χ0n) is 7.91. The molecule has 0 amide bonds. The molecule has 84 valence electrons. The molecule has 1 heterocycles. The number of benzene rings is 1. The maximum atomic E-state index is 13.1. The predicted octanol–water partition coefficient (Wildman–Crippen LogP) is 3.65. The second-order valence-corrected chi connectivity index (χ2v) is 4.64. The molecule has 0 aliphatic heterocycles. The lowest BCUT2D eigenvalue weighted by Crippen LogP contribution is -1.96. The Morgan fingerprint density at radius 2 is 2.19 bits per heavy atom. The predicted molar refractivity (Wildman–Crippen MR) is 57.8 cm³/mol. The molecule has 16 heavy (non-hydrogen) atoms. The van der Waals surface area contributed by atoms with E-state index in [1.54, 1.807) is 0 Å². The van der Waals surface area contributed by atoms with Gasteiger partial charge in [0.1, 0.15) is 12.4 Å². The van der Waals surface area contributed by atoms with Crippen LogP contribution in [0.1, 0.15) is 4.88 Å². The van der Waals surface area contributed by atoms with E-state index in [2.05, 4.69) is 4.98 Å². The molecule has 2 nitrogen and oxygen atoms in total. The van der Waals surface area contributed by atoms with Crippen LogP contribution in [0, 0.1) is 11.6 Å². The molecule has 0 radical (unpaired) electrons. The molecule has 6 heteroatoms. The first-order valence-electron chi connectivity index (χ1n) is 4.33. The zero-order chi connectivity index (χ0) is 11.5. The second-order valence-electron chi connectivity index (χ2n) is 2.94. The summed E-state index contributed by atoms with van der Waals surface area (Å²) in [6.45, 7) is 0.116. The van der Waals surface area contributed by atoms with Gasteiger partial charge in [0.05, 0.1) is 4.88 Å². The van der Waals surface area contributed by atoms with Crippen molar-refractivity contribution in [1.82, 2.24) is 4.98 Å². The zero-order valence-corrected chi connectivity index (χ0v) is 9.49. The van der Waals surface area contributed by atoms with Gasteiger partial charge in [-0.15, -0.1) is 11.3 Å². The summed E-state index contributed by atoms with van der Waals surface area (Å²) in [5, 5.41) is 0. The minimum absolute atomic E-state index is 0.116. The van der Waals surface area contributed by atoms with Crippen LogP contribution in [0.4, 0.5) is 8.78 Å². The topological polar surface area (TPSA) is 22.1 Å². The minimum atomic E-state index is -0.600. The van der Waals surface area contributed by atoms with Gasteiger partial charge < -0.3 is 4.74 Å². The Bertz CT molecular complexity index is 503. The number of thiazole rings is 1. The molecule has 0 atom stereocenters. The van der Waals surface area contributed by atoms with Crippen molar-refractivity contribution < 1.29 is 13.5 Å². The quantitative estimate of drug-likeness (QED) is 0.841. The van der Waals surface area contributed by atoms with Gasteiger partial charge in [-0.2, -0.15) is 0 Å². The summed E-state index contributed by atoms with van der Waals surface area (Å²) in [4.78, 5) is 4.55. The van der Waals surface area contributed by atoms with Crippen molar-refractivity contribution >= 4 is 22.9 Å². The summed E-state index contributed by atoms with van der Waals surface area (Å²) in [5.41, 5.74) is 0. The molecule has 0 unspecified atom stereocenters. The van der Waals surface area contributed by atoms with E-state index in [4.69, 9.17) is 16.3 Å². The van der Waals surface area contributed by atoms with Crippen LogP contribution >= 0.6 is 22.9 Å². The van der Waals surface area contributed by atoms with Gasteiger partial charge in [-0.3, -0.25) is 0 Å². The van der Waals surface area contributed by atoms with Crippen LogP contribution in [0.3, 0.4) is 0 Å². The minimum Gasteiger partial charge on any atom is -0.485 e. The van der Waals surface area contributed by atoms with Gasteiger partial charge in [-0.05, 0) is 12.1 Å². The molecular formula is C10H6ClF2NOS. The van der Waals surface area contributed by atoms with Gasteiger partial charge in [-0.25, -0.2) is 13.8 Å². The highest BCUT2D eigenvalue weighted by Gasteiger charge is 2.06. The van der Waals surface area contributed by atoms with E-state index in [9.17, 15) is 8.78 Å². The van der Waals surface area contributed by atoms with Crippen LogP contribution in [0.25, 0.3) is 0 Å². The smallest absolute Gasteiger partial charge is 0.183 e. The number of rotatable bonds is 3. The molecule has 0 N–H and O–H groups in total. The Hall–Kier alpha value is -1.20. The Kier molecular flexibility index (Phi) is 3.36. The lowest BCUT2D eigenvalue weighted by molar-refractivity contribution is 0.291. The van der Waals surface area contributed by atoms with Gasteiger partial charge in [0, 0.05) is 12.3 Å². The number of ether oxygens (including phenoxy) is 1. The lowest BCUT2D eigenvalue weighted by atomic mass is 10.3. The number of halogens is 3. The van der Waals surface area contributed by atoms with Crippen LogP contribution in [0.15, 0.2) is 24.4 Å². The van der Waals surface area contributed by atoms with Crippen LogP contribution in [-0.2, 0) is 6.61 Å². The van der Waals surface area contributed by atoms with Crippen molar-refractivity contribution in [2.24, 2.45) is 0 Å². The monoisotopic (exact) mass is 261 g/mol. The largest absolute Gasteiger partial charge is 0.485 e. The third-order valence-electron chi connectivity index (χ3n) is 1.79. The number of aromatic nitrogens is 1. The van der Waals surface area contributed by atoms with E-state index in [1.165, 1.54) is 17.5 Å². The van der Waals surface area contributed by atoms with Crippen molar-refractivity contribution in [2.45, 2.75) is 6.61 Å². The molecule has 2 rings (SSSR count). The maximum absolute atomic E-state index is 13.1. The normalized spacial score (nSPS) is 10.4. The van der Waals surface area contributed by atoms with Gasteiger partial charge in [0.2, 0.25) is 0 Å². The lowest BCUT2D eigenvalue weighted by Gasteiger charge is -2.05. The standard InChI is InChI=1S/C10H6ClF2NOS/c11-10-14-4-7(16-10)5-15-9-3-6(12)1-2-8(9)13/h1-4H,5H2. The Labute approximate surface area is 99.5 Å². The molecule has 0 saturated carbocycles. The van der Waals surface area contributed by atoms with Gasteiger partial charge in [0.25, 0.3) is 0 Å². The molecule has 1 aromatic carbocycles. The SMILES string of the molecule is Fc1ccc(F)c(OCc2cnc(Cl)s2)c1. The third kappa shape index (κ3) is 2.68. The van der Waals surface area contributed by atoms with Crippen LogP contribution in [0.2, 0.25) is 4.47 Å². The van der Waals surface area contributed by atoms with E-state index in [1.807, 2.05) is 0 Å². The van der Waals surface area contributed by atoms with Crippen molar-refractivity contribution in [1.29, 1.82) is 0 Å². The highest BCUT2D eigenvalue weighted by Crippen LogP contribution is 2.22. The van der Waals surface area contributed by atoms with Crippen molar-refractivity contribution in [2.75, 3.05) is 0 Å². The Balaban J connectivity index is 2.07. The molecule has 0 spiro atoms. The Morgan fingerprint density at radius 3 is 2.88 bits per heavy atom. The second kappa shape index (κ2) is 4.76. The van der Waals surface area contributed by atoms with Crippen LogP contribution in [-0.4, -0.2) is 4.98 Å². The summed E-state index contributed by atoms with van der Waals surface area (Å²) >= 11 is 6.85. The summed E-state index contributed by atoms with van der Waals surface area (Å²) in [7, 11) is 0. The average molecular weight is 262 g/mol. The molecule has 1 aromatic heterocycles. The first-order valence-corrected chi connectivity index (χ1v) is 5.52. The summed E-state index contributed by atoms with van der Waals surface area (Å²) in [6.07, 6.45) is 1.53. The fourth-order valence-electron chi connectivity index (χ4n) is 1.09. The van der Waals surface area contributed by atoms with Crippen LogP contribution < -0.4 is 4.74 Å². The van der Waals surface area contributed by atoms with Crippen LogP contribution in [0.5, 0.6) is 5.75 Å². The summed E-state index contributed by atoms with van der Waals surface area (Å²) < 4.78 is 31.4. The Morgan fingerprint density at radius 1 is 1.38 bits per heavy atom. The highest BCUT2D eigenvalue weighted by atomic mass is 35.5. The van der Waals surface area contributed by atoms with E-state index >= 15 is 0 Å². The van der Waals surface area contributed by atoms with Crippen molar-refractivity contribution in [3.8, 4) is 5.75 Å². The van der Waals surface area contributed by atoms with E-state index in [0.717, 1.165) is 23.1 Å². The third-order valence-corrected chi connectivity index (χ3v) is 2.88. The van der Waals surface area contributed by atoms with Crippen molar-refractivity contribution in [3.05, 3.63) is 45.4 Å². The summed E-state index contributed by atoms with van der Waals surface area (Å²) in [5.74, 6) is -1.26. The maximum Gasteiger partial charge on any atom is 0.183 e. The first-order chi connectivity index (χ1) is 7.65. The number of hydrogen-bond acceptors (Lipinski definition) is 3.